The average molecular weight is 287 g/mol. The maximum absolute atomic E-state index is 12.0. The number of nitrogens with two attached hydrogens (primary N) is 1. The molecule has 0 bridgehead atoms. The minimum Gasteiger partial charge on any atom is -0.375 e. The molecule has 7 nitrogen and oxygen atoms in total. The standard InChI is InChI=1S/C9H13N5O2S2/c1-6-8(17-9(10)12-6)18(15,16)11-5-7-3-4-14(2)13-7/h3-4,11H,5H2,1-2H3,(H2,10,12). The highest BCUT2D eigenvalue weighted by molar-refractivity contribution is 7.91. The van der Waals surface area contributed by atoms with Gasteiger partial charge in [0, 0.05) is 13.2 Å². The Morgan fingerprint density at radius 2 is 2.28 bits per heavy atom. The fourth-order valence-corrected chi connectivity index (χ4v) is 3.79. The maximum atomic E-state index is 12.0. The fourth-order valence-electron chi connectivity index (χ4n) is 1.44. The van der Waals surface area contributed by atoms with E-state index in [2.05, 4.69) is 14.8 Å². The van der Waals surface area contributed by atoms with Crippen LogP contribution < -0.4 is 10.5 Å². The summed E-state index contributed by atoms with van der Waals surface area (Å²) in [5.41, 5.74) is 6.54. The van der Waals surface area contributed by atoms with Crippen LogP contribution in [0.5, 0.6) is 0 Å². The fraction of sp³-hybridized carbons (Fsp3) is 0.333. The lowest BCUT2D eigenvalue weighted by molar-refractivity contribution is 0.581. The molecule has 2 heterocycles. The number of nitrogens with zero attached hydrogens (tertiary/aromatic N) is 3. The third-order valence-electron chi connectivity index (χ3n) is 2.23. The molecule has 0 saturated heterocycles. The van der Waals surface area contributed by atoms with Crippen molar-refractivity contribution in [2.75, 3.05) is 5.73 Å². The quantitative estimate of drug-likeness (QED) is 0.839. The number of rotatable bonds is 4. The van der Waals surface area contributed by atoms with Crippen molar-refractivity contribution < 1.29 is 8.42 Å². The molecule has 0 spiro atoms. The maximum Gasteiger partial charge on any atom is 0.252 e. The third-order valence-corrected chi connectivity index (χ3v) is 5.22. The van der Waals surface area contributed by atoms with E-state index in [4.69, 9.17) is 5.73 Å². The highest BCUT2D eigenvalue weighted by Gasteiger charge is 2.21. The molecule has 2 rings (SSSR count). The third kappa shape index (κ3) is 2.68. The molecule has 0 unspecified atom stereocenters. The van der Waals surface area contributed by atoms with Crippen molar-refractivity contribution in [1.82, 2.24) is 19.5 Å². The molecule has 9 heteroatoms. The van der Waals surface area contributed by atoms with Crippen LogP contribution in [0.4, 0.5) is 5.13 Å². The Balaban J connectivity index is 2.15. The van der Waals surface area contributed by atoms with Crippen molar-refractivity contribution in [3.63, 3.8) is 0 Å². The summed E-state index contributed by atoms with van der Waals surface area (Å²) >= 11 is 0.952. The van der Waals surface area contributed by atoms with Gasteiger partial charge >= 0.3 is 0 Å². The summed E-state index contributed by atoms with van der Waals surface area (Å²) in [7, 11) is -1.81. The van der Waals surface area contributed by atoms with E-state index in [9.17, 15) is 8.42 Å². The molecule has 0 amide bonds. The van der Waals surface area contributed by atoms with Crippen molar-refractivity contribution in [1.29, 1.82) is 0 Å². The molecule has 18 heavy (non-hydrogen) atoms. The van der Waals surface area contributed by atoms with Gasteiger partial charge in [0.2, 0.25) is 0 Å². The van der Waals surface area contributed by atoms with Gasteiger partial charge in [-0.2, -0.15) is 5.10 Å². The van der Waals surface area contributed by atoms with Crippen molar-refractivity contribution in [3.05, 3.63) is 23.7 Å². The molecule has 98 valence electrons. The molecular formula is C9H13N5O2S2. The molecule has 0 aliphatic rings. The van der Waals surface area contributed by atoms with Crippen molar-refractivity contribution in [2.24, 2.45) is 7.05 Å². The Bertz CT molecular complexity index is 658. The summed E-state index contributed by atoms with van der Waals surface area (Å²) < 4.78 is 28.3. The molecule has 0 aliphatic heterocycles. The second-order valence-electron chi connectivity index (χ2n) is 3.73. The average Bonchev–Trinajstić information content (AvgIpc) is 2.82. The number of anilines is 1. The summed E-state index contributed by atoms with van der Waals surface area (Å²) in [6.07, 6.45) is 1.75. The van der Waals surface area contributed by atoms with Crippen molar-refractivity contribution in [2.45, 2.75) is 17.7 Å². The summed E-state index contributed by atoms with van der Waals surface area (Å²) in [6.45, 7) is 1.75. The van der Waals surface area contributed by atoms with E-state index in [1.807, 2.05) is 0 Å². The highest BCUT2D eigenvalue weighted by atomic mass is 32.2. The van der Waals surface area contributed by atoms with Gasteiger partial charge in [0.25, 0.3) is 10.0 Å². The van der Waals surface area contributed by atoms with Crippen LogP contribution in [-0.4, -0.2) is 23.2 Å². The molecule has 0 fully saturated rings. The van der Waals surface area contributed by atoms with Crippen LogP contribution in [0.3, 0.4) is 0 Å². The molecule has 2 aromatic heterocycles. The van der Waals surface area contributed by atoms with Gasteiger partial charge in [0.05, 0.1) is 17.9 Å². The zero-order valence-electron chi connectivity index (χ0n) is 9.91. The van der Waals surface area contributed by atoms with Crippen LogP contribution in [0.1, 0.15) is 11.4 Å². The van der Waals surface area contributed by atoms with E-state index in [-0.39, 0.29) is 15.9 Å². The van der Waals surface area contributed by atoms with E-state index in [0.29, 0.717) is 11.4 Å². The monoisotopic (exact) mass is 287 g/mol. The number of hydrogen-bond donors (Lipinski definition) is 2. The van der Waals surface area contributed by atoms with Crippen LogP contribution >= 0.6 is 11.3 Å². The molecule has 0 aliphatic carbocycles. The molecule has 0 aromatic carbocycles. The van der Waals surface area contributed by atoms with Gasteiger partial charge in [-0.1, -0.05) is 11.3 Å². The van der Waals surface area contributed by atoms with Gasteiger partial charge in [-0.25, -0.2) is 18.1 Å². The first-order chi connectivity index (χ1) is 8.38. The molecule has 0 saturated carbocycles. The number of aromatic nitrogens is 3. The Kier molecular flexibility index (Phi) is 3.37. The van der Waals surface area contributed by atoms with Crippen LogP contribution in [0.2, 0.25) is 0 Å². The lowest BCUT2D eigenvalue weighted by Gasteiger charge is -2.03. The van der Waals surface area contributed by atoms with Crippen molar-refractivity contribution >= 4 is 26.5 Å². The Hall–Kier alpha value is -1.45. The molecule has 2 aromatic rings. The summed E-state index contributed by atoms with van der Waals surface area (Å²) in [4.78, 5) is 3.89. The van der Waals surface area contributed by atoms with E-state index in [1.54, 1.807) is 30.9 Å². The molecule has 3 N–H and O–H groups in total. The van der Waals surface area contributed by atoms with E-state index >= 15 is 0 Å². The van der Waals surface area contributed by atoms with Gasteiger partial charge in [0.15, 0.2) is 9.34 Å². The smallest absolute Gasteiger partial charge is 0.252 e. The second-order valence-corrected chi connectivity index (χ2v) is 6.72. The lowest BCUT2D eigenvalue weighted by Crippen LogP contribution is -2.23. The van der Waals surface area contributed by atoms with Gasteiger partial charge in [-0.05, 0) is 13.0 Å². The SMILES string of the molecule is Cc1nc(N)sc1S(=O)(=O)NCc1ccn(C)n1. The lowest BCUT2D eigenvalue weighted by atomic mass is 10.4. The minimum absolute atomic E-state index is 0.139. The first-order valence-electron chi connectivity index (χ1n) is 5.09. The first kappa shape index (κ1) is 13.0. The predicted octanol–water partition coefficient (Wildman–Crippen LogP) is 0.246. The number of hydrogen-bond acceptors (Lipinski definition) is 6. The van der Waals surface area contributed by atoms with E-state index in [1.165, 1.54) is 0 Å². The zero-order valence-corrected chi connectivity index (χ0v) is 11.5. The van der Waals surface area contributed by atoms with Gasteiger partial charge in [0.1, 0.15) is 0 Å². The summed E-state index contributed by atoms with van der Waals surface area (Å²) in [6, 6.07) is 1.75. The van der Waals surface area contributed by atoms with Crippen LogP contribution in [0.25, 0.3) is 0 Å². The predicted molar refractivity (Wildman–Crippen MR) is 68.5 cm³/mol. The molecule has 0 atom stereocenters. The summed E-state index contributed by atoms with van der Waals surface area (Å²) in [5, 5.41) is 4.33. The van der Waals surface area contributed by atoms with E-state index < -0.39 is 10.0 Å². The van der Waals surface area contributed by atoms with E-state index in [0.717, 1.165) is 11.3 Å². The largest absolute Gasteiger partial charge is 0.375 e. The Morgan fingerprint density at radius 1 is 1.56 bits per heavy atom. The Morgan fingerprint density at radius 3 is 2.78 bits per heavy atom. The molecule has 0 radical (unpaired) electrons. The van der Waals surface area contributed by atoms with Gasteiger partial charge < -0.3 is 5.73 Å². The number of nitrogen functional groups attached to an aromatic ring is 1. The van der Waals surface area contributed by atoms with Crippen molar-refractivity contribution in [3.8, 4) is 0 Å². The normalized spacial score (nSPS) is 11.9. The Labute approximate surface area is 109 Å². The van der Waals surface area contributed by atoms with Crippen LogP contribution in [0.15, 0.2) is 16.5 Å². The summed E-state index contributed by atoms with van der Waals surface area (Å²) in [5.74, 6) is 0. The van der Waals surface area contributed by atoms with Gasteiger partial charge in [-0.3, -0.25) is 4.68 Å². The zero-order chi connectivity index (χ0) is 13.3. The van der Waals surface area contributed by atoms with Gasteiger partial charge in [-0.15, -0.1) is 0 Å². The number of sulfonamides is 1. The number of thiazole rings is 1. The number of aryl methyl sites for hydroxylation is 2. The molecular weight excluding hydrogens is 274 g/mol. The van der Waals surface area contributed by atoms with Crippen LogP contribution in [0, 0.1) is 6.92 Å². The second kappa shape index (κ2) is 4.67. The highest BCUT2D eigenvalue weighted by Crippen LogP contribution is 2.24. The van der Waals surface area contributed by atoms with Crippen LogP contribution in [-0.2, 0) is 23.6 Å². The first-order valence-corrected chi connectivity index (χ1v) is 7.39. The number of nitrogens with one attached hydrogen (secondary N) is 1. The topological polar surface area (TPSA) is 103 Å². The minimum atomic E-state index is -3.58.